The molecule has 1 aromatic carbocycles. The van der Waals surface area contributed by atoms with Gasteiger partial charge < -0.3 is 5.32 Å². The lowest BCUT2D eigenvalue weighted by atomic mass is 10.2. The summed E-state index contributed by atoms with van der Waals surface area (Å²) in [6.45, 7) is 1.19. The molecule has 5 nitrogen and oxygen atoms in total. The number of pyridine rings is 1. The lowest BCUT2D eigenvalue weighted by Crippen LogP contribution is -2.31. The summed E-state index contributed by atoms with van der Waals surface area (Å²) in [5, 5.41) is 3.26. The third-order valence-corrected chi connectivity index (χ3v) is 5.51. The normalized spacial score (nSPS) is 15.0. The van der Waals surface area contributed by atoms with E-state index in [1.54, 1.807) is 12.3 Å². The molecule has 2 heterocycles. The molecule has 0 fully saturated rings. The Kier molecular flexibility index (Phi) is 3.86. The van der Waals surface area contributed by atoms with E-state index in [9.17, 15) is 8.42 Å². The Bertz CT molecular complexity index is 764. The zero-order valence-corrected chi connectivity index (χ0v) is 13.6. The molecule has 1 N–H and O–H groups in total. The summed E-state index contributed by atoms with van der Waals surface area (Å²) in [5.41, 5.74) is 1.51. The van der Waals surface area contributed by atoms with E-state index in [-0.39, 0.29) is 4.90 Å². The highest BCUT2D eigenvalue weighted by molar-refractivity contribution is 9.10. The highest BCUT2D eigenvalue weighted by atomic mass is 79.9. The number of para-hydroxylation sites is 2. The molecule has 0 radical (unpaired) electrons. The summed E-state index contributed by atoms with van der Waals surface area (Å²) in [7, 11) is -3.62. The summed E-state index contributed by atoms with van der Waals surface area (Å²) >= 11 is 3.27. The van der Waals surface area contributed by atoms with Crippen molar-refractivity contribution in [1.82, 2.24) is 4.98 Å². The maximum atomic E-state index is 12.9. The highest BCUT2D eigenvalue weighted by Gasteiger charge is 2.28. The van der Waals surface area contributed by atoms with Gasteiger partial charge in [0.15, 0.2) is 0 Å². The van der Waals surface area contributed by atoms with Gasteiger partial charge in [-0.05, 0) is 40.5 Å². The van der Waals surface area contributed by atoms with Crippen molar-refractivity contribution in [2.45, 2.75) is 11.3 Å². The number of anilines is 2. The lowest BCUT2D eigenvalue weighted by molar-refractivity contribution is 0.590. The van der Waals surface area contributed by atoms with Gasteiger partial charge in [0, 0.05) is 30.0 Å². The molecule has 2 aromatic rings. The van der Waals surface area contributed by atoms with Gasteiger partial charge >= 0.3 is 0 Å². The summed E-state index contributed by atoms with van der Waals surface area (Å²) < 4.78 is 27.9. The Hall–Kier alpha value is -1.60. The summed E-state index contributed by atoms with van der Waals surface area (Å²) in [5.74, 6) is 0. The number of nitrogens with one attached hydrogen (secondary N) is 1. The van der Waals surface area contributed by atoms with Gasteiger partial charge in [0.05, 0.1) is 11.4 Å². The van der Waals surface area contributed by atoms with Crippen molar-refractivity contribution in [2.75, 3.05) is 22.7 Å². The second-order valence-electron chi connectivity index (χ2n) is 4.71. The van der Waals surface area contributed by atoms with Crippen LogP contribution in [0.3, 0.4) is 0 Å². The molecule has 1 aliphatic heterocycles. The second kappa shape index (κ2) is 5.65. The molecule has 7 heteroatoms. The van der Waals surface area contributed by atoms with Crippen molar-refractivity contribution in [2.24, 2.45) is 0 Å². The number of hydrogen-bond acceptors (Lipinski definition) is 4. The monoisotopic (exact) mass is 367 g/mol. The number of rotatable bonds is 2. The van der Waals surface area contributed by atoms with E-state index in [1.807, 2.05) is 24.3 Å². The molecule has 0 spiro atoms. The summed E-state index contributed by atoms with van der Waals surface area (Å²) in [6, 6.07) is 9.01. The van der Waals surface area contributed by atoms with Crippen LogP contribution in [0.1, 0.15) is 6.42 Å². The zero-order chi connectivity index (χ0) is 14.9. The second-order valence-corrected chi connectivity index (χ2v) is 7.49. The van der Waals surface area contributed by atoms with E-state index in [4.69, 9.17) is 0 Å². The van der Waals surface area contributed by atoms with E-state index in [0.717, 1.165) is 18.7 Å². The fraction of sp³-hybridized carbons (Fsp3) is 0.214. The predicted octanol–water partition coefficient (Wildman–Crippen LogP) is 2.86. The van der Waals surface area contributed by atoms with Gasteiger partial charge in [-0.3, -0.25) is 9.29 Å². The van der Waals surface area contributed by atoms with Gasteiger partial charge in [0.2, 0.25) is 0 Å². The first-order chi connectivity index (χ1) is 10.1. The van der Waals surface area contributed by atoms with Crippen molar-refractivity contribution in [3.05, 3.63) is 47.2 Å². The quantitative estimate of drug-likeness (QED) is 0.886. The number of fused-ring (bicyclic) bond motifs is 1. The van der Waals surface area contributed by atoms with Crippen molar-refractivity contribution in [3.63, 3.8) is 0 Å². The van der Waals surface area contributed by atoms with Gasteiger partial charge in [0.1, 0.15) is 4.90 Å². The Morgan fingerprint density at radius 1 is 1.24 bits per heavy atom. The average Bonchev–Trinajstić information content (AvgIpc) is 2.70. The van der Waals surface area contributed by atoms with Gasteiger partial charge in [-0.1, -0.05) is 12.1 Å². The third-order valence-electron chi connectivity index (χ3n) is 3.29. The standard InChI is InChI=1S/C14H14BrN3O2S/c15-11-8-12(10-16-9-11)21(19,20)18-7-3-6-17-13-4-1-2-5-14(13)18/h1-2,4-5,8-10,17H,3,6-7H2. The Balaban J connectivity index is 2.11. The fourth-order valence-corrected chi connectivity index (χ4v) is 4.35. The van der Waals surface area contributed by atoms with Crippen LogP contribution in [-0.4, -0.2) is 26.5 Å². The zero-order valence-electron chi connectivity index (χ0n) is 11.2. The van der Waals surface area contributed by atoms with Crippen LogP contribution in [0.25, 0.3) is 0 Å². The Morgan fingerprint density at radius 3 is 2.86 bits per heavy atom. The average molecular weight is 368 g/mol. The van der Waals surface area contributed by atoms with E-state index in [1.165, 1.54) is 10.5 Å². The van der Waals surface area contributed by atoms with E-state index in [2.05, 4.69) is 26.2 Å². The van der Waals surface area contributed by atoms with Crippen molar-refractivity contribution >= 4 is 37.3 Å². The summed E-state index contributed by atoms with van der Waals surface area (Å²) in [6.07, 6.45) is 3.69. The van der Waals surface area contributed by atoms with Gasteiger partial charge in [-0.2, -0.15) is 0 Å². The Morgan fingerprint density at radius 2 is 2.05 bits per heavy atom. The van der Waals surface area contributed by atoms with Crippen molar-refractivity contribution in [1.29, 1.82) is 0 Å². The molecule has 0 bridgehead atoms. The number of nitrogens with zero attached hydrogens (tertiary/aromatic N) is 2. The van der Waals surface area contributed by atoms with Crippen LogP contribution in [0, 0.1) is 0 Å². The summed E-state index contributed by atoms with van der Waals surface area (Å²) in [4.78, 5) is 4.14. The van der Waals surface area contributed by atoms with E-state index in [0.29, 0.717) is 16.7 Å². The minimum absolute atomic E-state index is 0.188. The van der Waals surface area contributed by atoms with E-state index < -0.39 is 10.0 Å². The molecule has 0 amide bonds. The highest BCUT2D eigenvalue weighted by Crippen LogP contribution is 2.32. The minimum Gasteiger partial charge on any atom is -0.383 e. The van der Waals surface area contributed by atoms with Crippen LogP contribution in [0.2, 0.25) is 0 Å². The minimum atomic E-state index is -3.62. The Labute approximate surface area is 132 Å². The molecule has 1 aromatic heterocycles. The number of halogens is 1. The van der Waals surface area contributed by atoms with Crippen LogP contribution >= 0.6 is 15.9 Å². The van der Waals surface area contributed by atoms with Gasteiger partial charge in [-0.25, -0.2) is 8.42 Å². The number of benzene rings is 1. The van der Waals surface area contributed by atoms with Crippen LogP contribution in [-0.2, 0) is 10.0 Å². The van der Waals surface area contributed by atoms with Crippen molar-refractivity contribution in [3.8, 4) is 0 Å². The third kappa shape index (κ3) is 2.75. The maximum absolute atomic E-state index is 12.9. The first kappa shape index (κ1) is 14.3. The number of hydrogen-bond donors (Lipinski definition) is 1. The van der Waals surface area contributed by atoms with E-state index >= 15 is 0 Å². The van der Waals surface area contributed by atoms with Crippen LogP contribution in [0.15, 0.2) is 52.1 Å². The lowest BCUT2D eigenvalue weighted by Gasteiger charge is -2.23. The molecule has 110 valence electrons. The molecule has 0 atom stereocenters. The molecular weight excluding hydrogens is 354 g/mol. The SMILES string of the molecule is O=S(=O)(c1cncc(Br)c1)N1CCCNc2ccccc21. The topological polar surface area (TPSA) is 62.3 Å². The molecule has 0 aliphatic carbocycles. The molecule has 1 aliphatic rings. The number of aromatic nitrogens is 1. The van der Waals surface area contributed by atoms with Crippen LogP contribution in [0.5, 0.6) is 0 Å². The first-order valence-corrected chi connectivity index (χ1v) is 8.78. The number of sulfonamides is 1. The fourth-order valence-electron chi connectivity index (χ4n) is 2.32. The van der Waals surface area contributed by atoms with Crippen molar-refractivity contribution < 1.29 is 8.42 Å². The van der Waals surface area contributed by atoms with Crippen LogP contribution < -0.4 is 9.62 Å². The molecular formula is C14H14BrN3O2S. The van der Waals surface area contributed by atoms with Gasteiger partial charge in [-0.15, -0.1) is 0 Å². The van der Waals surface area contributed by atoms with Gasteiger partial charge in [0.25, 0.3) is 10.0 Å². The predicted molar refractivity (Wildman–Crippen MR) is 86.0 cm³/mol. The molecule has 0 unspecified atom stereocenters. The largest absolute Gasteiger partial charge is 0.383 e. The molecule has 21 heavy (non-hydrogen) atoms. The molecule has 0 saturated heterocycles. The smallest absolute Gasteiger partial charge is 0.265 e. The first-order valence-electron chi connectivity index (χ1n) is 6.55. The molecule has 0 saturated carbocycles. The van der Waals surface area contributed by atoms with Crippen LogP contribution in [0.4, 0.5) is 11.4 Å². The molecule has 3 rings (SSSR count). The maximum Gasteiger partial charge on any atom is 0.265 e.